The van der Waals surface area contributed by atoms with Crippen molar-refractivity contribution in [1.29, 1.82) is 0 Å². The molecule has 3 aromatic carbocycles. The maximum atomic E-state index is 5.04. The molecular weight excluding hydrogens is 316 g/mol. The minimum atomic E-state index is 0.0872. The molecule has 1 heterocycles. The van der Waals surface area contributed by atoms with Gasteiger partial charge < -0.3 is 4.57 Å². The van der Waals surface area contributed by atoms with Crippen LogP contribution in [0.15, 0.2) is 97.1 Å². The molecule has 4 rings (SSSR count). The van der Waals surface area contributed by atoms with Gasteiger partial charge in [0.05, 0.1) is 17.0 Å². The average Bonchev–Trinajstić information content (AvgIpc) is 3.01. The molecule has 0 bridgehead atoms. The molecule has 0 saturated carbocycles. The number of para-hydroxylation sites is 2. The zero-order valence-corrected chi connectivity index (χ0v) is 15.0. The summed E-state index contributed by atoms with van der Waals surface area (Å²) in [6.45, 7) is 6.97. The Morgan fingerprint density at radius 1 is 0.846 bits per heavy atom. The fourth-order valence-corrected chi connectivity index (χ4v) is 3.53. The highest BCUT2D eigenvalue weighted by Gasteiger charge is 2.23. The monoisotopic (exact) mass is 338 g/mol. The highest BCUT2D eigenvalue weighted by atomic mass is 15.1. The average molecular weight is 338 g/mol. The largest absolute Gasteiger partial charge is 0.323 e. The number of nitrogens with zero attached hydrogens (tertiary/aromatic N) is 2. The van der Waals surface area contributed by atoms with Crippen molar-refractivity contribution >= 4 is 11.0 Å². The summed E-state index contributed by atoms with van der Waals surface area (Å²) in [4.78, 5) is 5.04. The van der Waals surface area contributed by atoms with Crippen LogP contribution in [0.3, 0.4) is 0 Å². The van der Waals surface area contributed by atoms with Crippen molar-refractivity contribution < 1.29 is 0 Å². The van der Waals surface area contributed by atoms with E-state index in [0.717, 1.165) is 29.0 Å². The van der Waals surface area contributed by atoms with Gasteiger partial charge in [-0.25, -0.2) is 4.98 Å². The normalized spacial score (nSPS) is 11.2. The van der Waals surface area contributed by atoms with Gasteiger partial charge in [-0.2, -0.15) is 0 Å². The van der Waals surface area contributed by atoms with E-state index in [0.29, 0.717) is 0 Å². The van der Waals surface area contributed by atoms with Crippen LogP contribution in [0, 0.1) is 0 Å². The fraction of sp³-hybridized carbons (Fsp3) is 0.125. The Hall–Kier alpha value is -3.13. The van der Waals surface area contributed by atoms with Crippen LogP contribution in [0.25, 0.3) is 11.0 Å². The molecular formula is C24H22N2. The van der Waals surface area contributed by atoms with Crippen molar-refractivity contribution in [3.63, 3.8) is 0 Å². The molecule has 1 aromatic heterocycles. The second kappa shape index (κ2) is 7.01. The summed E-state index contributed by atoms with van der Waals surface area (Å²) in [6, 6.07) is 29.6. The van der Waals surface area contributed by atoms with Crippen molar-refractivity contribution in [1.82, 2.24) is 9.55 Å². The van der Waals surface area contributed by atoms with Gasteiger partial charge in [-0.1, -0.05) is 84.9 Å². The molecule has 2 nitrogen and oxygen atoms in total. The summed E-state index contributed by atoms with van der Waals surface area (Å²) in [5.41, 5.74) is 5.80. The van der Waals surface area contributed by atoms with Crippen molar-refractivity contribution in [2.24, 2.45) is 0 Å². The quantitative estimate of drug-likeness (QED) is 0.421. The van der Waals surface area contributed by atoms with E-state index in [1.807, 2.05) is 6.07 Å². The summed E-state index contributed by atoms with van der Waals surface area (Å²) in [6.07, 6.45) is 0. The van der Waals surface area contributed by atoms with Gasteiger partial charge in [0.25, 0.3) is 0 Å². The van der Waals surface area contributed by atoms with Gasteiger partial charge in [-0.05, 0) is 30.2 Å². The summed E-state index contributed by atoms with van der Waals surface area (Å²) in [5.74, 6) is 1.15. The molecule has 0 atom stereocenters. The minimum absolute atomic E-state index is 0.0872. The second-order valence-electron chi connectivity index (χ2n) is 6.76. The van der Waals surface area contributed by atoms with E-state index in [2.05, 4.69) is 96.9 Å². The number of fused-ring (bicyclic) bond motifs is 1. The standard InChI is InChI=1S/C24H22N2/c1-18(2)17-26-22-16-10-9-15-21(22)25-24(26)23(19-11-5-3-6-12-19)20-13-7-4-8-14-20/h3-16,23H,1,17H2,2H3. The molecule has 0 saturated heterocycles. The Balaban J connectivity index is 1.98. The van der Waals surface area contributed by atoms with Crippen LogP contribution >= 0.6 is 0 Å². The number of aromatic nitrogens is 2. The highest BCUT2D eigenvalue weighted by molar-refractivity contribution is 5.76. The molecule has 0 spiro atoms. The van der Waals surface area contributed by atoms with E-state index in [4.69, 9.17) is 4.98 Å². The van der Waals surface area contributed by atoms with Gasteiger partial charge in [0.2, 0.25) is 0 Å². The first-order valence-corrected chi connectivity index (χ1v) is 8.93. The molecule has 0 fully saturated rings. The Morgan fingerprint density at radius 3 is 1.96 bits per heavy atom. The molecule has 0 unspecified atom stereocenters. The smallest absolute Gasteiger partial charge is 0.122 e. The van der Waals surface area contributed by atoms with Crippen LogP contribution in [0.1, 0.15) is 29.8 Å². The maximum absolute atomic E-state index is 5.04. The number of allylic oxidation sites excluding steroid dienone is 1. The molecule has 0 amide bonds. The summed E-state index contributed by atoms with van der Waals surface area (Å²) in [5, 5.41) is 0. The lowest BCUT2D eigenvalue weighted by Gasteiger charge is -2.20. The van der Waals surface area contributed by atoms with E-state index < -0.39 is 0 Å². The topological polar surface area (TPSA) is 17.8 Å². The zero-order chi connectivity index (χ0) is 17.9. The van der Waals surface area contributed by atoms with Crippen LogP contribution in [-0.4, -0.2) is 9.55 Å². The lowest BCUT2D eigenvalue weighted by Crippen LogP contribution is -2.12. The fourth-order valence-electron chi connectivity index (χ4n) is 3.53. The van der Waals surface area contributed by atoms with Crippen LogP contribution in [0.2, 0.25) is 0 Å². The number of hydrogen-bond acceptors (Lipinski definition) is 1. The van der Waals surface area contributed by atoms with Gasteiger partial charge in [-0.3, -0.25) is 0 Å². The molecule has 128 valence electrons. The van der Waals surface area contributed by atoms with Gasteiger partial charge >= 0.3 is 0 Å². The third-order valence-electron chi connectivity index (χ3n) is 4.64. The van der Waals surface area contributed by atoms with Crippen molar-refractivity contribution in [3.8, 4) is 0 Å². The second-order valence-corrected chi connectivity index (χ2v) is 6.76. The number of benzene rings is 3. The van der Waals surface area contributed by atoms with Gasteiger partial charge in [0, 0.05) is 6.54 Å². The summed E-state index contributed by atoms with van der Waals surface area (Å²) < 4.78 is 2.31. The molecule has 2 heteroatoms. The maximum Gasteiger partial charge on any atom is 0.122 e. The molecule has 0 aliphatic carbocycles. The number of imidazole rings is 1. The Bertz CT molecular complexity index is 990. The minimum Gasteiger partial charge on any atom is -0.323 e. The van der Waals surface area contributed by atoms with E-state index in [1.54, 1.807) is 0 Å². The number of hydrogen-bond donors (Lipinski definition) is 0. The lowest BCUT2D eigenvalue weighted by molar-refractivity contribution is 0.716. The van der Waals surface area contributed by atoms with Crippen LogP contribution in [0.4, 0.5) is 0 Å². The zero-order valence-electron chi connectivity index (χ0n) is 15.0. The van der Waals surface area contributed by atoms with Crippen LogP contribution < -0.4 is 0 Å². The third kappa shape index (κ3) is 3.06. The highest BCUT2D eigenvalue weighted by Crippen LogP contribution is 2.33. The summed E-state index contributed by atoms with van der Waals surface area (Å²) in [7, 11) is 0. The van der Waals surface area contributed by atoms with Crippen molar-refractivity contribution in [2.45, 2.75) is 19.4 Å². The first-order valence-electron chi connectivity index (χ1n) is 8.93. The molecule has 0 aliphatic rings. The SMILES string of the molecule is C=C(C)Cn1c(C(c2ccccc2)c2ccccc2)nc2ccccc21. The van der Waals surface area contributed by atoms with E-state index in [-0.39, 0.29) is 5.92 Å². The first kappa shape index (κ1) is 16.3. The molecule has 4 aromatic rings. The van der Waals surface area contributed by atoms with Crippen LogP contribution in [-0.2, 0) is 6.54 Å². The van der Waals surface area contributed by atoms with Gasteiger partial charge in [0.15, 0.2) is 0 Å². The van der Waals surface area contributed by atoms with Crippen molar-refractivity contribution in [2.75, 3.05) is 0 Å². The first-order chi connectivity index (χ1) is 12.7. The third-order valence-corrected chi connectivity index (χ3v) is 4.64. The Kier molecular flexibility index (Phi) is 4.40. The lowest BCUT2D eigenvalue weighted by atomic mass is 9.90. The predicted octanol–water partition coefficient (Wildman–Crippen LogP) is 5.79. The molecule has 0 N–H and O–H groups in total. The molecule has 0 aliphatic heterocycles. The van der Waals surface area contributed by atoms with Gasteiger partial charge in [-0.15, -0.1) is 0 Å². The number of rotatable bonds is 5. The van der Waals surface area contributed by atoms with Crippen LogP contribution in [0.5, 0.6) is 0 Å². The van der Waals surface area contributed by atoms with E-state index in [1.165, 1.54) is 11.1 Å². The van der Waals surface area contributed by atoms with E-state index >= 15 is 0 Å². The van der Waals surface area contributed by atoms with Crippen molar-refractivity contribution in [3.05, 3.63) is 114 Å². The molecule has 26 heavy (non-hydrogen) atoms. The van der Waals surface area contributed by atoms with E-state index in [9.17, 15) is 0 Å². The predicted molar refractivity (Wildman–Crippen MR) is 108 cm³/mol. The summed E-state index contributed by atoms with van der Waals surface area (Å²) >= 11 is 0. The Labute approximate surface area is 154 Å². The Morgan fingerprint density at radius 2 is 1.38 bits per heavy atom. The molecule has 0 radical (unpaired) electrons. The van der Waals surface area contributed by atoms with Gasteiger partial charge in [0.1, 0.15) is 5.82 Å².